The molecule has 2 aromatic carbocycles. The van der Waals surface area contributed by atoms with Crippen molar-refractivity contribution >= 4 is 40.3 Å². The molecule has 2 amide bonds. The molecule has 0 radical (unpaired) electrons. The van der Waals surface area contributed by atoms with Gasteiger partial charge in [-0.25, -0.2) is 9.97 Å². The number of anilines is 1. The third kappa shape index (κ3) is 5.85. The standard InChI is InChI=1S/C30H29ClN6O4/c31-24-14-33-30(34-22-7-10-41-11-8-22)36-28(24)20-5-6-21-15-37(29(40)23(21)12-20)16-27(39)35-26(17-38)19-4-3-18-2-1-9-32-25(18)13-19/h1-6,9,12-14,22,26,38H,7-8,10-11,15-17H2,(H,35,39)(H,33,34,36)/t26-/m1/s1. The van der Waals surface area contributed by atoms with Crippen molar-refractivity contribution in [2.75, 3.05) is 31.7 Å². The molecule has 0 saturated carbocycles. The zero-order valence-corrected chi connectivity index (χ0v) is 23.0. The van der Waals surface area contributed by atoms with Crippen LogP contribution in [-0.4, -0.2) is 69.2 Å². The molecule has 10 nitrogen and oxygen atoms in total. The van der Waals surface area contributed by atoms with E-state index >= 15 is 0 Å². The lowest BCUT2D eigenvalue weighted by Gasteiger charge is -2.23. The van der Waals surface area contributed by atoms with Gasteiger partial charge in [-0.3, -0.25) is 14.6 Å². The average Bonchev–Trinajstić information content (AvgIpc) is 3.31. The molecule has 2 aliphatic rings. The molecule has 4 heterocycles. The van der Waals surface area contributed by atoms with E-state index in [0.717, 1.165) is 34.9 Å². The van der Waals surface area contributed by atoms with Crippen molar-refractivity contribution in [3.63, 3.8) is 0 Å². The third-order valence-electron chi connectivity index (χ3n) is 7.45. The number of hydrogen-bond acceptors (Lipinski definition) is 8. The van der Waals surface area contributed by atoms with Crippen LogP contribution in [0.2, 0.25) is 5.02 Å². The fourth-order valence-corrected chi connectivity index (χ4v) is 5.45. The zero-order chi connectivity index (χ0) is 28.3. The Bertz CT molecular complexity index is 1610. The number of fused-ring (bicyclic) bond motifs is 2. The normalized spacial score (nSPS) is 16.0. The van der Waals surface area contributed by atoms with Crippen molar-refractivity contribution in [3.05, 3.63) is 82.6 Å². The van der Waals surface area contributed by atoms with Gasteiger partial charge in [-0.2, -0.15) is 0 Å². The Morgan fingerprint density at radius 1 is 1.15 bits per heavy atom. The van der Waals surface area contributed by atoms with Crippen molar-refractivity contribution in [1.29, 1.82) is 0 Å². The van der Waals surface area contributed by atoms with Gasteiger partial charge in [-0.15, -0.1) is 0 Å². The maximum atomic E-state index is 13.3. The van der Waals surface area contributed by atoms with Crippen molar-refractivity contribution in [2.45, 2.75) is 31.5 Å². The van der Waals surface area contributed by atoms with Gasteiger partial charge in [0.2, 0.25) is 11.9 Å². The predicted octanol–water partition coefficient (Wildman–Crippen LogP) is 3.74. The summed E-state index contributed by atoms with van der Waals surface area (Å²) >= 11 is 6.46. The summed E-state index contributed by atoms with van der Waals surface area (Å²) < 4.78 is 5.42. The molecule has 2 aromatic heterocycles. The Morgan fingerprint density at radius 2 is 2.00 bits per heavy atom. The second kappa shape index (κ2) is 11.8. The van der Waals surface area contributed by atoms with Gasteiger partial charge >= 0.3 is 0 Å². The van der Waals surface area contributed by atoms with E-state index in [9.17, 15) is 14.7 Å². The van der Waals surface area contributed by atoms with Crippen LogP contribution >= 0.6 is 11.6 Å². The van der Waals surface area contributed by atoms with Gasteiger partial charge in [0, 0.05) is 48.5 Å². The van der Waals surface area contributed by atoms with Gasteiger partial charge in [-0.05, 0) is 42.2 Å². The molecule has 0 unspecified atom stereocenters. The molecule has 1 fully saturated rings. The fraction of sp³-hybridized carbons (Fsp3) is 0.300. The van der Waals surface area contributed by atoms with Gasteiger partial charge in [0.1, 0.15) is 6.54 Å². The molecule has 0 aliphatic carbocycles. The summed E-state index contributed by atoms with van der Waals surface area (Å²) in [5.41, 5.74) is 4.05. The van der Waals surface area contributed by atoms with Crippen LogP contribution in [0, 0.1) is 0 Å². The van der Waals surface area contributed by atoms with E-state index in [2.05, 4.69) is 25.6 Å². The lowest BCUT2D eigenvalue weighted by atomic mass is 10.0. The lowest BCUT2D eigenvalue weighted by Crippen LogP contribution is -2.40. The number of amides is 2. The number of aliphatic hydroxyl groups is 1. The van der Waals surface area contributed by atoms with Crippen LogP contribution in [0.3, 0.4) is 0 Å². The van der Waals surface area contributed by atoms with Crippen LogP contribution in [0.1, 0.15) is 40.4 Å². The smallest absolute Gasteiger partial charge is 0.254 e. The van der Waals surface area contributed by atoms with Crippen molar-refractivity contribution < 1.29 is 19.4 Å². The molecule has 0 bridgehead atoms. The molecule has 0 spiro atoms. The molecule has 3 N–H and O–H groups in total. The summed E-state index contributed by atoms with van der Waals surface area (Å²) in [6.45, 7) is 1.27. The number of halogens is 1. The number of pyridine rings is 1. The highest BCUT2D eigenvalue weighted by molar-refractivity contribution is 6.33. The first-order valence-corrected chi connectivity index (χ1v) is 13.9. The number of hydrogen-bond donors (Lipinski definition) is 3. The van der Waals surface area contributed by atoms with Crippen LogP contribution in [-0.2, 0) is 16.1 Å². The second-order valence-corrected chi connectivity index (χ2v) is 10.6. The number of aromatic nitrogens is 3. The molecule has 210 valence electrons. The summed E-state index contributed by atoms with van der Waals surface area (Å²) in [6.07, 6.45) is 5.00. The monoisotopic (exact) mass is 572 g/mol. The molecule has 41 heavy (non-hydrogen) atoms. The summed E-state index contributed by atoms with van der Waals surface area (Å²) in [4.78, 5) is 41.0. The molecule has 6 rings (SSSR count). The molecule has 11 heteroatoms. The van der Waals surface area contributed by atoms with Gasteiger partial charge in [-0.1, -0.05) is 41.9 Å². The number of carbonyl (C=O) groups is 2. The number of rotatable bonds is 8. The zero-order valence-electron chi connectivity index (χ0n) is 22.2. The van der Waals surface area contributed by atoms with E-state index in [4.69, 9.17) is 16.3 Å². The number of aliphatic hydroxyl groups excluding tert-OH is 1. The second-order valence-electron chi connectivity index (χ2n) is 10.2. The first-order chi connectivity index (χ1) is 20.0. The number of ether oxygens (including phenoxy) is 1. The van der Waals surface area contributed by atoms with Crippen LogP contribution < -0.4 is 10.6 Å². The van der Waals surface area contributed by atoms with Crippen LogP contribution in [0.15, 0.2) is 60.9 Å². The fourth-order valence-electron chi connectivity index (χ4n) is 5.25. The molecule has 1 saturated heterocycles. The summed E-state index contributed by atoms with van der Waals surface area (Å²) in [6, 6.07) is 14.5. The maximum absolute atomic E-state index is 13.3. The molecule has 2 aliphatic heterocycles. The Balaban J connectivity index is 1.14. The first kappa shape index (κ1) is 27.1. The molecule has 4 aromatic rings. The molecule has 1 atom stereocenters. The largest absolute Gasteiger partial charge is 0.394 e. The SMILES string of the molecule is O=C(CN1Cc2ccc(-c3nc(NC4CCOCC4)ncc3Cl)cc2C1=O)N[C@H](CO)c1ccc2cccnc2c1. The third-order valence-corrected chi connectivity index (χ3v) is 7.72. The minimum Gasteiger partial charge on any atom is -0.394 e. The van der Waals surface area contributed by atoms with E-state index in [1.165, 1.54) is 4.90 Å². The summed E-state index contributed by atoms with van der Waals surface area (Å²) in [5, 5.41) is 17.5. The first-order valence-electron chi connectivity index (χ1n) is 13.5. The minimum absolute atomic E-state index is 0.140. The minimum atomic E-state index is -0.621. The highest BCUT2D eigenvalue weighted by Crippen LogP contribution is 2.32. The van der Waals surface area contributed by atoms with E-state index in [0.29, 0.717) is 47.6 Å². The Kier molecular flexibility index (Phi) is 7.78. The van der Waals surface area contributed by atoms with E-state index in [1.54, 1.807) is 18.5 Å². The van der Waals surface area contributed by atoms with Crippen LogP contribution in [0.5, 0.6) is 0 Å². The summed E-state index contributed by atoms with van der Waals surface area (Å²) in [7, 11) is 0. The predicted molar refractivity (Wildman–Crippen MR) is 154 cm³/mol. The van der Waals surface area contributed by atoms with Crippen molar-refractivity contribution in [2.24, 2.45) is 0 Å². The number of benzene rings is 2. The molecular formula is C30H29ClN6O4. The van der Waals surface area contributed by atoms with E-state index in [1.807, 2.05) is 42.5 Å². The molecular weight excluding hydrogens is 544 g/mol. The number of nitrogens with zero attached hydrogens (tertiary/aromatic N) is 4. The van der Waals surface area contributed by atoms with Crippen LogP contribution in [0.25, 0.3) is 22.2 Å². The van der Waals surface area contributed by atoms with Crippen molar-refractivity contribution in [3.8, 4) is 11.3 Å². The number of carbonyl (C=O) groups excluding carboxylic acids is 2. The summed E-state index contributed by atoms with van der Waals surface area (Å²) in [5.74, 6) is -0.144. The van der Waals surface area contributed by atoms with Gasteiger partial charge in [0.15, 0.2) is 0 Å². The lowest BCUT2D eigenvalue weighted by molar-refractivity contribution is -0.122. The highest BCUT2D eigenvalue weighted by Gasteiger charge is 2.30. The van der Waals surface area contributed by atoms with Gasteiger partial charge in [0.05, 0.1) is 35.1 Å². The Labute approximate surface area is 241 Å². The topological polar surface area (TPSA) is 130 Å². The highest BCUT2D eigenvalue weighted by atomic mass is 35.5. The van der Waals surface area contributed by atoms with E-state index in [-0.39, 0.29) is 31.0 Å². The van der Waals surface area contributed by atoms with Gasteiger partial charge in [0.25, 0.3) is 5.91 Å². The van der Waals surface area contributed by atoms with Crippen LogP contribution in [0.4, 0.5) is 5.95 Å². The quantitative estimate of drug-likeness (QED) is 0.291. The number of nitrogens with one attached hydrogen (secondary N) is 2. The maximum Gasteiger partial charge on any atom is 0.254 e. The van der Waals surface area contributed by atoms with Gasteiger partial charge < -0.3 is 25.4 Å². The Hall–Kier alpha value is -4.12. The Morgan fingerprint density at radius 3 is 2.83 bits per heavy atom. The van der Waals surface area contributed by atoms with E-state index < -0.39 is 6.04 Å². The average molecular weight is 573 g/mol. The van der Waals surface area contributed by atoms with Crippen molar-refractivity contribution in [1.82, 2.24) is 25.2 Å².